The second-order valence-electron chi connectivity index (χ2n) is 5.30. The van der Waals surface area contributed by atoms with Crippen molar-refractivity contribution in [3.8, 4) is 0 Å². The Bertz CT molecular complexity index is 626. The number of benzene rings is 1. The predicted molar refractivity (Wildman–Crippen MR) is 91.8 cm³/mol. The highest BCUT2D eigenvalue weighted by Gasteiger charge is 2.10. The number of hydrogen-bond donors (Lipinski definition) is 3. The van der Waals surface area contributed by atoms with Gasteiger partial charge in [0.15, 0.2) is 0 Å². The Kier molecular flexibility index (Phi) is 5.41. The van der Waals surface area contributed by atoms with Gasteiger partial charge in [-0.15, -0.1) is 0 Å². The molecule has 6 heteroatoms. The van der Waals surface area contributed by atoms with Crippen molar-refractivity contribution in [1.82, 2.24) is 5.32 Å². The fourth-order valence-corrected chi connectivity index (χ4v) is 2.89. The van der Waals surface area contributed by atoms with Gasteiger partial charge in [0.2, 0.25) is 0 Å². The zero-order valence-corrected chi connectivity index (χ0v) is 13.8. The van der Waals surface area contributed by atoms with Gasteiger partial charge in [-0.25, -0.2) is 4.79 Å². The molecule has 118 valence electrons. The SMILES string of the molecule is Cc1cc(NC(=O)NCC(O)c2ccsc2)ccc1N(C)C. The molecule has 1 aromatic heterocycles. The minimum Gasteiger partial charge on any atom is -0.387 e. The second-order valence-corrected chi connectivity index (χ2v) is 6.08. The third kappa shape index (κ3) is 4.22. The lowest BCUT2D eigenvalue weighted by Crippen LogP contribution is -2.32. The maximum absolute atomic E-state index is 11.9. The van der Waals surface area contributed by atoms with E-state index in [0.717, 1.165) is 22.5 Å². The number of anilines is 2. The molecule has 1 aromatic carbocycles. The Hall–Kier alpha value is -2.05. The summed E-state index contributed by atoms with van der Waals surface area (Å²) in [5, 5.41) is 19.1. The molecule has 1 heterocycles. The molecule has 2 amide bonds. The van der Waals surface area contributed by atoms with E-state index in [1.165, 1.54) is 11.3 Å². The lowest BCUT2D eigenvalue weighted by Gasteiger charge is -2.17. The van der Waals surface area contributed by atoms with Crippen molar-refractivity contribution < 1.29 is 9.90 Å². The number of rotatable bonds is 5. The zero-order valence-electron chi connectivity index (χ0n) is 13.0. The standard InChI is InChI=1S/C16H21N3O2S/c1-11-8-13(4-5-14(11)19(2)3)18-16(21)17-9-15(20)12-6-7-22-10-12/h4-8,10,15,20H,9H2,1-3H3,(H2,17,18,21). The molecule has 1 unspecified atom stereocenters. The van der Waals surface area contributed by atoms with Crippen LogP contribution in [0.2, 0.25) is 0 Å². The topological polar surface area (TPSA) is 64.6 Å². The van der Waals surface area contributed by atoms with Gasteiger partial charge in [-0.2, -0.15) is 11.3 Å². The summed E-state index contributed by atoms with van der Waals surface area (Å²) in [6.07, 6.45) is -0.685. The summed E-state index contributed by atoms with van der Waals surface area (Å²) in [6.45, 7) is 2.18. The van der Waals surface area contributed by atoms with E-state index in [4.69, 9.17) is 0 Å². The third-order valence-electron chi connectivity index (χ3n) is 3.32. The molecule has 5 nitrogen and oxygen atoms in total. The van der Waals surface area contributed by atoms with Gasteiger partial charge in [-0.05, 0) is 53.1 Å². The van der Waals surface area contributed by atoms with Crippen molar-refractivity contribution in [1.29, 1.82) is 0 Å². The average molecular weight is 319 g/mol. The number of nitrogens with zero attached hydrogens (tertiary/aromatic N) is 1. The van der Waals surface area contributed by atoms with Crippen LogP contribution in [0.3, 0.4) is 0 Å². The number of urea groups is 1. The monoisotopic (exact) mass is 319 g/mol. The smallest absolute Gasteiger partial charge is 0.319 e. The largest absolute Gasteiger partial charge is 0.387 e. The van der Waals surface area contributed by atoms with Gasteiger partial charge in [-0.3, -0.25) is 0 Å². The molecule has 2 aromatic rings. The molecule has 0 bridgehead atoms. The van der Waals surface area contributed by atoms with E-state index in [1.807, 2.05) is 60.9 Å². The molecule has 0 saturated heterocycles. The van der Waals surface area contributed by atoms with E-state index in [-0.39, 0.29) is 12.6 Å². The van der Waals surface area contributed by atoms with Crippen molar-refractivity contribution in [3.05, 3.63) is 46.2 Å². The Balaban J connectivity index is 1.88. The maximum atomic E-state index is 11.9. The van der Waals surface area contributed by atoms with Gasteiger partial charge >= 0.3 is 6.03 Å². The highest BCUT2D eigenvalue weighted by molar-refractivity contribution is 7.07. The van der Waals surface area contributed by atoms with Crippen molar-refractivity contribution in [3.63, 3.8) is 0 Å². The number of carbonyl (C=O) groups is 1. The Morgan fingerprint density at radius 3 is 2.73 bits per heavy atom. The molecule has 0 aliphatic carbocycles. The molecule has 1 atom stereocenters. The van der Waals surface area contributed by atoms with Crippen molar-refractivity contribution in [2.45, 2.75) is 13.0 Å². The first kappa shape index (κ1) is 16.3. The lowest BCUT2D eigenvalue weighted by atomic mass is 10.1. The van der Waals surface area contributed by atoms with E-state index in [0.29, 0.717) is 0 Å². The minimum absolute atomic E-state index is 0.178. The fourth-order valence-electron chi connectivity index (χ4n) is 2.18. The third-order valence-corrected chi connectivity index (χ3v) is 4.02. The average Bonchev–Trinajstić information content (AvgIpc) is 2.98. The van der Waals surface area contributed by atoms with Crippen LogP contribution in [-0.4, -0.2) is 31.8 Å². The number of thiophene rings is 1. The van der Waals surface area contributed by atoms with Crippen LogP contribution in [0.15, 0.2) is 35.0 Å². The fraction of sp³-hybridized carbons (Fsp3) is 0.312. The summed E-state index contributed by atoms with van der Waals surface area (Å²) < 4.78 is 0. The number of aliphatic hydroxyl groups is 1. The number of nitrogens with one attached hydrogen (secondary N) is 2. The summed E-state index contributed by atoms with van der Waals surface area (Å²) in [5.74, 6) is 0. The maximum Gasteiger partial charge on any atom is 0.319 e. The van der Waals surface area contributed by atoms with Crippen LogP contribution >= 0.6 is 11.3 Å². The van der Waals surface area contributed by atoms with Crippen molar-refractivity contribution in [2.75, 3.05) is 30.9 Å². The first-order chi connectivity index (χ1) is 10.5. The first-order valence-electron chi connectivity index (χ1n) is 7.00. The van der Waals surface area contributed by atoms with Gasteiger partial charge in [0, 0.05) is 32.0 Å². The number of hydrogen-bond acceptors (Lipinski definition) is 4. The van der Waals surface area contributed by atoms with E-state index in [1.54, 1.807) is 0 Å². The molecule has 0 fully saturated rings. The summed E-state index contributed by atoms with van der Waals surface area (Å²) >= 11 is 1.52. The van der Waals surface area contributed by atoms with Crippen molar-refractivity contribution >= 4 is 28.7 Å². The molecule has 0 spiro atoms. The van der Waals surface area contributed by atoms with E-state index in [9.17, 15) is 9.90 Å². The van der Waals surface area contributed by atoms with E-state index in [2.05, 4.69) is 10.6 Å². The van der Waals surface area contributed by atoms with Crippen molar-refractivity contribution in [2.24, 2.45) is 0 Å². The van der Waals surface area contributed by atoms with E-state index < -0.39 is 6.10 Å². The summed E-state index contributed by atoms with van der Waals surface area (Å²) in [6, 6.07) is 7.26. The van der Waals surface area contributed by atoms with Crippen LogP contribution in [0.5, 0.6) is 0 Å². The van der Waals surface area contributed by atoms with Crippen LogP contribution in [0.25, 0.3) is 0 Å². The molecule has 0 saturated carbocycles. The highest BCUT2D eigenvalue weighted by atomic mass is 32.1. The Labute approximate surface area is 134 Å². The Morgan fingerprint density at radius 2 is 2.14 bits per heavy atom. The second kappa shape index (κ2) is 7.29. The predicted octanol–water partition coefficient (Wildman–Crippen LogP) is 2.98. The van der Waals surface area contributed by atoms with Crippen LogP contribution in [0, 0.1) is 6.92 Å². The minimum atomic E-state index is -0.685. The normalized spacial score (nSPS) is 11.8. The van der Waals surface area contributed by atoms with Gasteiger partial charge in [0.05, 0.1) is 6.10 Å². The molecule has 22 heavy (non-hydrogen) atoms. The van der Waals surface area contributed by atoms with Gasteiger partial charge in [0.25, 0.3) is 0 Å². The molecule has 0 aliphatic heterocycles. The number of aryl methyl sites for hydroxylation is 1. The van der Waals surface area contributed by atoms with Gasteiger partial charge in [0.1, 0.15) is 0 Å². The summed E-state index contributed by atoms with van der Waals surface area (Å²) in [5.41, 5.74) is 3.74. The number of carbonyl (C=O) groups excluding carboxylic acids is 1. The van der Waals surface area contributed by atoms with Crippen LogP contribution in [0.1, 0.15) is 17.2 Å². The Morgan fingerprint density at radius 1 is 1.36 bits per heavy atom. The van der Waals surface area contributed by atoms with Gasteiger partial charge < -0.3 is 20.6 Å². The first-order valence-corrected chi connectivity index (χ1v) is 7.94. The van der Waals surface area contributed by atoms with Crippen LogP contribution < -0.4 is 15.5 Å². The molecule has 3 N–H and O–H groups in total. The summed E-state index contributed by atoms with van der Waals surface area (Å²) in [7, 11) is 3.96. The highest BCUT2D eigenvalue weighted by Crippen LogP contribution is 2.21. The molecular formula is C16H21N3O2S. The van der Waals surface area contributed by atoms with E-state index >= 15 is 0 Å². The molecule has 2 rings (SSSR count). The summed E-state index contributed by atoms with van der Waals surface area (Å²) in [4.78, 5) is 13.9. The molecular weight excluding hydrogens is 298 g/mol. The van der Waals surface area contributed by atoms with Crippen LogP contribution in [-0.2, 0) is 0 Å². The van der Waals surface area contributed by atoms with Crippen LogP contribution in [0.4, 0.5) is 16.2 Å². The molecule has 0 radical (unpaired) electrons. The molecule has 0 aliphatic rings. The quantitative estimate of drug-likeness (QED) is 0.794. The zero-order chi connectivity index (χ0) is 16.1. The number of aliphatic hydroxyl groups excluding tert-OH is 1. The lowest BCUT2D eigenvalue weighted by molar-refractivity contribution is 0.175. The number of amides is 2. The van der Waals surface area contributed by atoms with Gasteiger partial charge in [-0.1, -0.05) is 0 Å².